The molecule has 0 unspecified atom stereocenters. The number of esters is 1. The third-order valence-corrected chi connectivity index (χ3v) is 3.84. The van der Waals surface area contributed by atoms with Gasteiger partial charge in [0.2, 0.25) is 5.88 Å². The van der Waals surface area contributed by atoms with Crippen molar-refractivity contribution in [3.8, 4) is 5.88 Å². The van der Waals surface area contributed by atoms with Crippen LogP contribution in [0.4, 0.5) is 0 Å². The van der Waals surface area contributed by atoms with Crippen molar-refractivity contribution in [1.29, 1.82) is 0 Å². The van der Waals surface area contributed by atoms with Gasteiger partial charge >= 0.3 is 5.97 Å². The first-order valence-corrected chi connectivity index (χ1v) is 8.43. The van der Waals surface area contributed by atoms with Gasteiger partial charge < -0.3 is 19.1 Å². The van der Waals surface area contributed by atoms with Crippen molar-refractivity contribution < 1.29 is 23.8 Å². The largest absolute Gasteiger partial charge is 0.475 e. The third-order valence-electron chi connectivity index (χ3n) is 3.84. The molecule has 1 aliphatic rings. The van der Waals surface area contributed by atoms with E-state index in [0.717, 1.165) is 6.42 Å². The Labute approximate surface area is 148 Å². The van der Waals surface area contributed by atoms with Crippen molar-refractivity contribution in [2.24, 2.45) is 0 Å². The molecule has 25 heavy (non-hydrogen) atoms. The number of carbonyl (C=O) groups is 2. The molecule has 7 nitrogen and oxygen atoms in total. The number of rotatable bonds is 6. The second kappa shape index (κ2) is 8.29. The predicted octanol–water partition coefficient (Wildman–Crippen LogP) is 2.05. The summed E-state index contributed by atoms with van der Waals surface area (Å²) in [6, 6.07) is 2.79. The number of aromatic nitrogens is 1. The van der Waals surface area contributed by atoms with Crippen molar-refractivity contribution in [1.82, 2.24) is 9.88 Å². The highest BCUT2D eigenvalue weighted by molar-refractivity contribution is 5.96. The standard InChI is InChI=1S/C18H26N2O5/c1-18(2,3)25-11-10-24-15-8-7-13(12-19-15)16(21)20-9-5-6-14(20)17(22)23-4/h7-8,12,14H,5-6,9-11H2,1-4H3/t14-/m0/s1. The molecular formula is C18H26N2O5. The molecule has 0 radical (unpaired) electrons. The number of carbonyl (C=O) groups excluding carboxylic acids is 2. The molecule has 1 aromatic rings. The van der Waals surface area contributed by atoms with Gasteiger partial charge in [-0.1, -0.05) is 0 Å². The third kappa shape index (κ3) is 5.42. The zero-order valence-electron chi connectivity index (χ0n) is 15.3. The van der Waals surface area contributed by atoms with Crippen LogP contribution in [0, 0.1) is 0 Å². The van der Waals surface area contributed by atoms with Crippen LogP contribution in [-0.2, 0) is 14.3 Å². The first-order valence-electron chi connectivity index (χ1n) is 8.43. The van der Waals surface area contributed by atoms with E-state index in [9.17, 15) is 9.59 Å². The number of pyridine rings is 1. The quantitative estimate of drug-likeness (QED) is 0.577. The number of amides is 1. The molecule has 0 aromatic carbocycles. The molecule has 0 aliphatic carbocycles. The molecule has 7 heteroatoms. The van der Waals surface area contributed by atoms with Gasteiger partial charge in [-0.3, -0.25) is 4.79 Å². The summed E-state index contributed by atoms with van der Waals surface area (Å²) < 4.78 is 15.8. The van der Waals surface area contributed by atoms with Gasteiger partial charge in [-0.05, 0) is 39.7 Å². The fraction of sp³-hybridized carbons (Fsp3) is 0.611. The zero-order chi connectivity index (χ0) is 18.4. The lowest BCUT2D eigenvalue weighted by atomic mass is 10.2. The lowest BCUT2D eigenvalue weighted by Gasteiger charge is -2.22. The molecule has 0 saturated carbocycles. The van der Waals surface area contributed by atoms with Crippen LogP contribution < -0.4 is 4.74 Å². The lowest BCUT2D eigenvalue weighted by molar-refractivity contribution is -0.145. The molecule has 138 valence electrons. The monoisotopic (exact) mass is 350 g/mol. The van der Waals surface area contributed by atoms with Crippen LogP contribution >= 0.6 is 0 Å². The van der Waals surface area contributed by atoms with E-state index in [1.165, 1.54) is 13.3 Å². The van der Waals surface area contributed by atoms with Gasteiger partial charge in [0.1, 0.15) is 12.6 Å². The van der Waals surface area contributed by atoms with E-state index in [1.54, 1.807) is 17.0 Å². The molecule has 2 rings (SSSR count). The molecule has 1 aliphatic heterocycles. The summed E-state index contributed by atoms with van der Waals surface area (Å²) in [5.74, 6) is -0.166. The van der Waals surface area contributed by atoms with Crippen molar-refractivity contribution in [3.05, 3.63) is 23.9 Å². The van der Waals surface area contributed by atoms with Crippen LogP contribution in [-0.4, -0.2) is 60.3 Å². The van der Waals surface area contributed by atoms with Gasteiger partial charge in [-0.15, -0.1) is 0 Å². The lowest BCUT2D eigenvalue weighted by Crippen LogP contribution is -2.41. The van der Waals surface area contributed by atoms with E-state index in [0.29, 0.717) is 37.6 Å². The van der Waals surface area contributed by atoms with Gasteiger partial charge in [-0.2, -0.15) is 0 Å². The van der Waals surface area contributed by atoms with E-state index in [4.69, 9.17) is 14.2 Å². The molecule has 1 atom stereocenters. The van der Waals surface area contributed by atoms with E-state index in [-0.39, 0.29) is 17.5 Å². The van der Waals surface area contributed by atoms with Crippen molar-refractivity contribution in [3.63, 3.8) is 0 Å². The Balaban J connectivity index is 1.90. The van der Waals surface area contributed by atoms with E-state index >= 15 is 0 Å². The number of likely N-dealkylation sites (tertiary alicyclic amines) is 1. The topological polar surface area (TPSA) is 78.0 Å². The highest BCUT2D eigenvalue weighted by Crippen LogP contribution is 2.21. The minimum Gasteiger partial charge on any atom is -0.475 e. The van der Waals surface area contributed by atoms with Gasteiger partial charge in [0.25, 0.3) is 5.91 Å². The predicted molar refractivity (Wildman–Crippen MR) is 91.5 cm³/mol. The molecule has 1 saturated heterocycles. The minimum absolute atomic E-state index is 0.209. The Bertz CT molecular complexity index is 594. The Morgan fingerprint density at radius 1 is 1.28 bits per heavy atom. The summed E-state index contributed by atoms with van der Waals surface area (Å²) in [5.41, 5.74) is 0.216. The fourth-order valence-electron chi connectivity index (χ4n) is 2.64. The minimum atomic E-state index is -0.511. The first-order chi connectivity index (χ1) is 11.8. The summed E-state index contributed by atoms with van der Waals surface area (Å²) in [5, 5.41) is 0. The van der Waals surface area contributed by atoms with E-state index < -0.39 is 6.04 Å². The number of ether oxygens (including phenoxy) is 3. The van der Waals surface area contributed by atoms with Crippen molar-refractivity contribution >= 4 is 11.9 Å². The van der Waals surface area contributed by atoms with Crippen LogP contribution in [0.1, 0.15) is 44.0 Å². The summed E-state index contributed by atoms with van der Waals surface area (Å²) >= 11 is 0. The summed E-state index contributed by atoms with van der Waals surface area (Å²) in [4.78, 5) is 30.0. The van der Waals surface area contributed by atoms with Crippen LogP contribution in [0.5, 0.6) is 5.88 Å². The van der Waals surface area contributed by atoms with Gasteiger partial charge in [0.15, 0.2) is 0 Å². The Kier molecular flexibility index (Phi) is 6.36. The summed E-state index contributed by atoms with van der Waals surface area (Å²) in [6.45, 7) is 7.32. The van der Waals surface area contributed by atoms with Crippen molar-refractivity contribution in [2.45, 2.75) is 45.3 Å². The molecular weight excluding hydrogens is 324 g/mol. The number of hydrogen-bond donors (Lipinski definition) is 0. The summed E-state index contributed by atoms with van der Waals surface area (Å²) in [7, 11) is 1.33. The maximum atomic E-state index is 12.6. The van der Waals surface area contributed by atoms with E-state index in [1.807, 2.05) is 20.8 Å². The molecule has 0 bridgehead atoms. The van der Waals surface area contributed by atoms with Gasteiger partial charge in [-0.25, -0.2) is 9.78 Å². The second-order valence-corrected chi connectivity index (χ2v) is 6.87. The highest BCUT2D eigenvalue weighted by atomic mass is 16.5. The number of nitrogens with zero attached hydrogens (tertiary/aromatic N) is 2. The average molecular weight is 350 g/mol. The van der Waals surface area contributed by atoms with Crippen LogP contribution in [0.25, 0.3) is 0 Å². The number of hydrogen-bond acceptors (Lipinski definition) is 6. The Morgan fingerprint density at radius 3 is 2.64 bits per heavy atom. The van der Waals surface area contributed by atoms with Gasteiger partial charge in [0.05, 0.1) is 24.9 Å². The maximum Gasteiger partial charge on any atom is 0.328 e. The molecule has 0 N–H and O–H groups in total. The number of methoxy groups -OCH3 is 1. The normalized spacial score (nSPS) is 17.4. The average Bonchev–Trinajstić information content (AvgIpc) is 3.07. The molecule has 2 heterocycles. The van der Waals surface area contributed by atoms with Gasteiger partial charge in [0, 0.05) is 18.8 Å². The van der Waals surface area contributed by atoms with Crippen LogP contribution in [0.15, 0.2) is 18.3 Å². The fourth-order valence-corrected chi connectivity index (χ4v) is 2.64. The molecule has 1 aromatic heterocycles. The molecule has 1 amide bonds. The second-order valence-electron chi connectivity index (χ2n) is 6.87. The SMILES string of the molecule is COC(=O)[C@@H]1CCCN1C(=O)c1ccc(OCCOC(C)(C)C)nc1. The van der Waals surface area contributed by atoms with Crippen LogP contribution in [0.2, 0.25) is 0 Å². The van der Waals surface area contributed by atoms with E-state index in [2.05, 4.69) is 4.98 Å². The maximum absolute atomic E-state index is 12.6. The first kappa shape index (κ1) is 19.2. The van der Waals surface area contributed by atoms with Crippen LogP contribution in [0.3, 0.4) is 0 Å². The zero-order valence-corrected chi connectivity index (χ0v) is 15.3. The molecule has 0 spiro atoms. The Morgan fingerprint density at radius 2 is 2.04 bits per heavy atom. The van der Waals surface area contributed by atoms with Crippen molar-refractivity contribution in [2.75, 3.05) is 26.9 Å². The summed E-state index contributed by atoms with van der Waals surface area (Å²) in [6.07, 6.45) is 2.88. The Hall–Kier alpha value is -2.15. The highest BCUT2D eigenvalue weighted by Gasteiger charge is 2.35. The smallest absolute Gasteiger partial charge is 0.328 e. The molecule has 1 fully saturated rings.